The normalized spacial score (nSPS) is 16.5. The zero-order valence-corrected chi connectivity index (χ0v) is 9.22. The first-order valence-electron chi connectivity index (χ1n) is 5.35. The van der Waals surface area contributed by atoms with Crippen LogP contribution in [0, 0.1) is 0 Å². The van der Waals surface area contributed by atoms with Crippen molar-refractivity contribution in [2.45, 2.75) is 24.9 Å². The second-order valence-electron chi connectivity index (χ2n) is 4.13. The molecule has 7 nitrogen and oxygen atoms in total. The Labute approximate surface area is 97.6 Å². The molecule has 0 aliphatic heterocycles. The van der Waals surface area contributed by atoms with E-state index in [0.717, 1.165) is 0 Å². The first kappa shape index (κ1) is 11.6. The lowest BCUT2D eigenvalue weighted by molar-refractivity contribution is -0.140. The van der Waals surface area contributed by atoms with Gasteiger partial charge in [-0.05, 0) is 12.8 Å². The Morgan fingerprint density at radius 1 is 1.59 bits per heavy atom. The Balaban J connectivity index is 2.02. The molecule has 0 aromatic carbocycles. The quantitative estimate of drug-likeness (QED) is 0.621. The van der Waals surface area contributed by atoms with Gasteiger partial charge in [0.25, 0.3) is 5.91 Å². The number of nitrogens with two attached hydrogens (primary N) is 1. The summed E-state index contributed by atoms with van der Waals surface area (Å²) in [5.41, 5.74) is 4.51. The first-order chi connectivity index (χ1) is 8.07. The molecular formula is C10H14N4O3. The van der Waals surface area contributed by atoms with Gasteiger partial charge in [0.2, 0.25) is 0 Å². The molecule has 4 N–H and O–H groups in total. The maximum atomic E-state index is 11.7. The van der Waals surface area contributed by atoms with Crippen molar-refractivity contribution in [2.24, 2.45) is 5.73 Å². The van der Waals surface area contributed by atoms with Gasteiger partial charge in [0, 0.05) is 19.3 Å². The number of carboxylic acids is 1. The van der Waals surface area contributed by atoms with Crippen LogP contribution in [-0.2, 0) is 11.3 Å². The van der Waals surface area contributed by atoms with Crippen molar-refractivity contribution in [1.29, 1.82) is 0 Å². The van der Waals surface area contributed by atoms with E-state index >= 15 is 0 Å². The third kappa shape index (κ3) is 2.28. The number of nitrogens with one attached hydrogen (secondary N) is 1. The third-order valence-electron chi connectivity index (χ3n) is 2.77. The molecule has 1 aliphatic rings. The molecule has 0 bridgehead atoms. The van der Waals surface area contributed by atoms with E-state index in [0.29, 0.717) is 25.9 Å². The van der Waals surface area contributed by atoms with Crippen LogP contribution in [0.15, 0.2) is 12.5 Å². The number of carbonyl (C=O) groups is 2. The van der Waals surface area contributed by atoms with E-state index in [9.17, 15) is 9.59 Å². The number of carbonyl (C=O) groups excluding carboxylic acids is 1. The van der Waals surface area contributed by atoms with Gasteiger partial charge in [0.05, 0.1) is 6.33 Å². The standard InChI is InChI=1S/C10H14N4O3/c11-3-4-14-5-7(12-6-14)8(15)13-10(1-2-10)9(16)17/h5-6H,1-4,11H2,(H,13,15)(H,16,17). The number of hydrogen-bond donors (Lipinski definition) is 3. The van der Waals surface area contributed by atoms with Crippen LogP contribution in [-0.4, -0.2) is 38.6 Å². The highest BCUT2D eigenvalue weighted by atomic mass is 16.4. The van der Waals surface area contributed by atoms with Gasteiger partial charge >= 0.3 is 5.97 Å². The summed E-state index contributed by atoms with van der Waals surface area (Å²) in [5.74, 6) is -1.45. The van der Waals surface area contributed by atoms with Crippen molar-refractivity contribution in [3.05, 3.63) is 18.2 Å². The smallest absolute Gasteiger partial charge is 0.329 e. The molecule has 1 aromatic rings. The van der Waals surface area contributed by atoms with Crippen molar-refractivity contribution in [3.63, 3.8) is 0 Å². The minimum absolute atomic E-state index is 0.214. The van der Waals surface area contributed by atoms with Gasteiger partial charge in [-0.3, -0.25) is 4.79 Å². The van der Waals surface area contributed by atoms with Crippen LogP contribution in [0.1, 0.15) is 23.3 Å². The number of amides is 1. The highest BCUT2D eigenvalue weighted by Gasteiger charge is 2.51. The average Bonchev–Trinajstić information content (AvgIpc) is 2.90. The van der Waals surface area contributed by atoms with Crippen LogP contribution in [0.5, 0.6) is 0 Å². The Bertz CT molecular complexity index is 450. The van der Waals surface area contributed by atoms with Crippen LogP contribution in [0.4, 0.5) is 0 Å². The lowest BCUT2D eigenvalue weighted by Crippen LogP contribution is -2.43. The fourth-order valence-corrected chi connectivity index (χ4v) is 1.55. The fraction of sp³-hybridized carbons (Fsp3) is 0.500. The lowest BCUT2D eigenvalue weighted by Gasteiger charge is -2.10. The second-order valence-corrected chi connectivity index (χ2v) is 4.13. The van der Waals surface area contributed by atoms with Gasteiger partial charge in [0.1, 0.15) is 11.2 Å². The molecule has 1 fully saturated rings. The van der Waals surface area contributed by atoms with Crippen LogP contribution >= 0.6 is 0 Å². The van der Waals surface area contributed by atoms with Gasteiger partial charge in [-0.1, -0.05) is 0 Å². The number of aromatic nitrogens is 2. The number of hydrogen-bond acceptors (Lipinski definition) is 4. The second kappa shape index (κ2) is 4.17. The fourth-order valence-electron chi connectivity index (χ4n) is 1.55. The van der Waals surface area contributed by atoms with Gasteiger partial charge in [-0.2, -0.15) is 0 Å². The molecule has 1 heterocycles. The van der Waals surface area contributed by atoms with Gasteiger partial charge < -0.3 is 20.7 Å². The average molecular weight is 238 g/mol. The largest absolute Gasteiger partial charge is 0.480 e. The molecule has 2 rings (SSSR count). The molecule has 1 saturated carbocycles. The summed E-state index contributed by atoms with van der Waals surface area (Å²) in [6.07, 6.45) is 4.00. The van der Waals surface area contributed by atoms with E-state index in [1.165, 1.54) is 6.33 Å². The molecule has 1 amide bonds. The van der Waals surface area contributed by atoms with Crippen molar-refractivity contribution < 1.29 is 14.7 Å². The number of carboxylic acid groups (broad SMARTS) is 1. The van der Waals surface area contributed by atoms with E-state index in [1.807, 2.05) is 0 Å². The van der Waals surface area contributed by atoms with Gasteiger partial charge in [-0.15, -0.1) is 0 Å². The van der Waals surface area contributed by atoms with Crippen molar-refractivity contribution in [3.8, 4) is 0 Å². The van der Waals surface area contributed by atoms with Crippen LogP contribution in [0.2, 0.25) is 0 Å². The van der Waals surface area contributed by atoms with Crippen molar-refractivity contribution >= 4 is 11.9 Å². The molecule has 17 heavy (non-hydrogen) atoms. The molecule has 0 atom stereocenters. The van der Waals surface area contributed by atoms with E-state index in [4.69, 9.17) is 10.8 Å². The molecule has 7 heteroatoms. The van der Waals surface area contributed by atoms with Crippen LogP contribution in [0.25, 0.3) is 0 Å². The Morgan fingerprint density at radius 2 is 2.29 bits per heavy atom. The summed E-state index contributed by atoms with van der Waals surface area (Å²) in [4.78, 5) is 26.6. The predicted octanol–water partition coefficient (Wildman–Crippen LogP) is -0.811. The molecule has 0 unspecified atom stereocenters. The maximum Gasteiger partial charge on any atom is 0.329 e. The summed E-state index contributed by atoms with van der Waals surface area (Å²) in [5, 5.41) is 11.4. The first-order valence-corrected chi connectivity index (χ1v) is 5.35. The SMILES string of the molecule is NCCn1cnc(C(=O)NC2(C(=O)O)CC2)c1. The monoisotopic (exact) mass is 238 g/mol. The number of rotatable bonds is 5. The molecule has 1 aromatic heterocycles. The zero-order chi connectivity index (χ0) is 12.5. The molecule has 0 radical (unpaired) electrons. The molecule has 0 spiro atoms. The molecule has 92 valence electrons. The van der Waals surface area contributed by atoms with E-state index in [1.54, 1.807) is 10.8 Å². The zero-order valence-electron chi connectivity index (χ0n) is 9.22. The van der Waals surface area contributed by atoms with Crippen molar-refractivity contribution in [2.75, 3.05) is 6.54 Å². The predicted molar refractivity (Wildman–Crippen MR) is 58.3 cm³/mol. The number of imidazole rings is 1. The summed E-state index contributed by atoms with van der Waals surface area (Å²) >= 11 is 0. The van der Waals surface area contributed by atoms with Gasteiger partial charge in [0.15, 0.2) is 0 Å². The third-order valence-corrected chi connectivity index (χ3v) is 2.77. The molecule has 1 aliphatic carbocycles. The summed E-state index contributed by atoms with van der Waals surface area (Å²) in [6, 6.07) is 0. The summed E-state index contributed by atoms with van der Waals surface area (Å²) in [6.45, 7) is 1.03. The highest BCUT2D eigenvalue weighted by Crippen LogP contribution is 2.35. The highest BCUT2D eigenvalue weighted by molar-refractivity contribution is 5.97. The molecule has 0 saturated heterocycles. The lowest BCUT2D eigenvalue weighted by atomic mass is 10.2. The Morgan fingerprint density at radius 3 is 2.82 bits per heavy atom. The Hall–Kier alpha value is -1.89. The summed E-state index contributed by atoms with van der Waals surface area (Å²) in [7, 11) is 0. The minimum Gasteiger partial charge on any atom is -0.480 e. The maximum absolute atomic E-state index is 11.7. The van der Waals surface area contributed by atoms with Crippen molar-refractivity contribution in [1.82, 2.24) is 14.9 Å². The summed E-state index contributed by atoms with van der Waals surface area (Å²) < 4.78 is 1.69. The topological polar surface area (TPSA) is 110 Å². The number of aliphatic carboxylic acids is 1. The van der Waals surface area contributed by atoms with E-state index in [-0.39, 0.29) is 5.69 Å². The number of nitrogens with zero attached hydrogens (tertiary/aromatic N) is 2. The molecular weight excluding hydrogens is 224 g/mol. The Kier molecular flexibility index (Phi) is 2.84. The van der Waals surface area contributed by atoms with E-state index in [2.05, 4.69) is 10.3 Å². The van der Waals surface area contributed by atoms with E-state index < -0.39 is 17.4 Å². The van der Waals surface area contributed by atoms with Gasteiger partial charge in [-0.25, -0.2) is 9.78 Å². The van der Waals surface area contributed by atoms with Crippen LogP contribution < -0.4 is 11.1 Å². The van der Waals surface area contributed by atoms with Crippen LogP contribution in [0.3, 0.4) is 0 Å². The minimum atomic E-state index is -1.07.